The number of nitrogens with one attached hydrogen (secondary N) is 1. The predicted molar refractivity (Wildman–Crippen MR) is 124 cm³/mol. The third-order valence-electron chi connectivity index (χ3n) is 5.98. The number of benzene rings is 2. The van der Waals surface area contributed by atoms with Crippen molar-refractivity contribution < 1.29 is 22.8 Å². The molecule has 2 aromatic carbocycles. The second-order valence-electron chi connectivity index (χ2n) is 8.28. The molecule has 4 nitrogen and oxygen atoms in total. The van der Waals surface area contributed by atoms with Crippen molar-refractivity contribution in [1.29, 1.82) is 0 Å². The van der Waals surface area contributed by atoms with Gasteiger partial charge < -0.3 is 10.2 Å². The first kappa shape index (κ1) is 25.1. The first-order valence-electron chi connectivity index (χ1n) is 11.2. The summed E-state index contributed by atoms with van der Waals surface area (Å²) < 4.78 is 38.0. The van der Waals surface area contributed by atoms with Gasteiger partial charge in [0.25, 0.3) is 5.91 Å². The van der Waals surface area contributed by atoms with Crippen LogP contribution in [0.1, 0.15) is 53.6 Å². The number of alkyl halides is 3. The molecule has 1 aliphatic rings. The second kappa shape index (κ2) is 11.6. The quantitative estimate of drug-likeness (QED) is 0.506. The molecule has 2 aromatic rings. The van der Waals surface area contributed by atoms with E-state index in [1.165, 1.54) is 30.3 Å². The lowest BCUT2D eigenvalue weighted by molar-refractivity contribution is -0.137. The van der Waals surface area contributed by atoms with Gasteiger partial charge >= 0.3 is 6.18 Å². The number of halogens is 3. The van der Waals surface area contributed by atoms with Crippen LogP contribution in [0.4, 0.5) is 13.2 Å². The Morgan fingerprint density at radius 1 is 1.03 bits per heavy atom. The average Bonchev–Trinajstić information content (AvgIpc) is 2.82. The van der Waals surface area contributed by atoms with Crippen molar-refractivity contribution in [1.82, 2.24) is 10.2 Å². The molecule has 0 aromatic heterocycles. The van der Waals surface area contributed by atoms with Crippen LogP contribution >= 0.6 is 11.8 Å². The number of rotatable bonds is 8. The number of carbonyl (C=O) groups is 2. The Morgan fingerprint density at radius 2 is 1.70 bits per heavy atom. The van der Waals surface area contributed by atoms with Crippen molar-refractivity contribution >= 4 is 23.6 Å². The number of hydrogen-bond donors (Lipinski definition) is 1. The van der Waals surface area contributed by atoms with Crippen molar-refractivity contribution in [3.63, 3.8) is 0 Å². The van der Waals surface area contributed by atoms with Crippen LogP contribution in [-0.2, 0) is 17.4 Å². The highest BCUT2D eigenvalue weighted by Gasteiger charge is 2.29. The molecule has 1 fully saturated rings. The van der Waals surface area contributed by atoms with Crippen LogP contribution < -0.4 is 5.32 Å². The fourth-order valence-electron chi connectivity index (χ4n) is 3.97. The predicted octanol–water partition coefficient (Wildman–Crippen LogP) is 5.56. The summed E-state index contributed by atoms with van der Waals surface area (Å²) in [4.78, 5) is 27.9. The van der Waals surface area contributed by atoms with Gasteiger partial charge in [0, 0.05) is 24.5 Å². The minimum absolute atomic E-state index is 0.0596. The first-order valence-corrected chi connectivity index (χ1v) is 12.2. The SMILES string of the molecule is CN(C(=O)CSc1ccccc1C(=O)NCCc1ccc(C(F)(F)F)cc1)C1CCCCC1. The van der Waals surface area contributed by atoms with E-state index < -0.39 is 11.7 Å². The van der Waals surface area contributed by atoms with Crippen LogP contribution in [0.2, 0.25) is 0 Å². The van der Waals surface area contributed by atoms with Crippen LogP contribution in [0.5, 0.6) is 0 Å². The molecule has 178 valence electrons. The van der Waals surface area contributed by atoms with Crippen LogP contribution in [0, 0.1) is 0 Å². The van der Waals surface area contributed by atoms with E-state index in [2.05, 4.69) is 5.32 Å². The molecule has 1 saturated carbocycles. The highest BCUT2D eigenvalue weighted by atomic mass is 32.2. The molecule has 0 heterocycles. The Morgan fingerprint density at radius 3 is 2.36 bits per heavy atom. The molecule has 0 atom stereocenters. The Bertz CT molecular complexity index is 941. The van der Waals surface area contributed by atoms with Gasteiger partial charge in [-0.3, -0.25) is 9.59 Å². The van der Waals surface area contributed by atoms with E-state index in [0.717, 1.165) is 42.7 Å². The van der Waals surface area contributed by atoms with Crippen molar-refractivity contribution in [3.05, 3.63) is 65.2 Å². The topological polar surface area (TPSA) is 49.4 Å². The molecule has 8 heteroatoms. The molecule has 0 unspecified atom stereocenters. The van der Waals surface area contributed by atoms with Crippen LogP contribution in [0.15, 0.2) is 53.4 Å². The van der Waals surface area contributed by atoms with Gasteiger partial charge in [-0.2, -0.15) is 13.2 Å². The molecule has 1 aliphatic carbocycles. The Labute approximate surface area is 196 Å². The summed E-state index contributed by atoms with van der Waals surface area (Å²) in [6.07, 6.45) is 1.70. The lowest BCUT2D eigenvalue weighted by atomic mass is 9.94. The van der Waals surface area contributed by atoms with Gasteiger partial charge in [-0.15, -0.1) is 11.8 Å². The zero-order valence-electron chi connectivity index (χ0n) is 18.7. The second-order valence-corrected chi connectivity index (χ2v) is 9.30. The largest absolute Gasteiger partial charge is 0.416 e. The molecule has 33 heavy (non-hydrogen) atoms. The van der Waals surface area contributed by atoms with Gasteiger partial charge in [0.05, 0.1) is 16.9 Å². The zero-order chi connectivity index (χ0) is 23.8. The van der Waals surface area contributed by atoms with E-state index in [9.17, 15) is 22.8 Å². The first-order chi connectivity index (χ1) is 15.8. The van der Waals surface area contributed by atoms with E-state index in [1.54, 1.807) is 12.1 Å². The smallest absolute Gasteiger partial charge is 0.352 e. The maximum atomic E-state index is 12.7. The van der Waals surface area contributed by atoms with E-state index >= 15 is 0 Å². The number of nitrogens with zero attached hydrogens (tertiary/aromatic N) is 1. The van der Waals surface area contributed by atoms with E-state index in [4.69, 9.17) is 0 Å². The van der Waals surface area contributed by atoms with Gasteiger partial charge in [0.15, 0.2) is 0 Å². The maximum Gasteiger partial charge on any atom is 0.416 e. The molecule has 0 saturated heterocycles. The van der Waals surface area contributed by atoms with Gasteiger partial charge in [0.1, 0.15) is 0 Å². The number of carbonyl (C=O) groups excluding carboxylic acids is 2. The molecule has 0 aliphatic heterocycles. The fourth-order valence-corrected chi connectivity index (χ4v) is 4.94. The fraction of sp³-hybridized carbons (Fsp3) is 0.440. The van der Waals surface area contributed by atoms with E-state index in [0.29, 0.717) is 30.1 Å². The van der Waals surface area contributed by atoms with E-state index in [1.807, 2.05) is 24.1 Å². The molecule has 2 amide bonds. The van der Waals surface area contributed by atoms with Crippen LogP contribution in [0.3, 0.4) is 0 Å². The zero-order valence-corrected chi connectivity index (χ0v) is 19.5. The molecular formula is C25H29F3N2O2S. The lowest BCUT2D eigenvalue weighted by Crippen LogP contribution is -2.39. The van der Waals surface area contributed by atoms with Gasteiger partial charge in [-0.05, 0) is 49.1 Å². The minimum Gasteiger partial charge on any atom is -0.352 e. The Kier molecular flexibility index (Phi) is 8.83. The highest BCUT2D eigenvalue weighted by Crippen LogP contribution is 2.29. The van der Waals surface area contributed by atoms with Gasteiger partial charge in [-0.1, -0.05) is 43.5 Å². The van der Waals surface area contributed by atoms with Crippen molar-refractivity contribution in [2.45, 2.75) is 55.6 Å². The summed E-state index contributed by atoms with van der Waals surface area (Å²) in [6, 6.07) is 12.4. The van der Waals surface area contributed by atoms with E-state index in [-0.39, 0.29) is 17.6 Å². The number of amides is 2. The number of hydrogen-bond acceptors (Lipinski definition) is 3. The summed E-state index contributed by atoms with van der Waals surface area (Å²) >= 11 is 1.35. The van der Waals surface area contributed by atoms with Gasteiger partial charge in [0.2, 0.25) is 5.91 Å². The summed E-state index contributed by atoms with van der Waals surface area (Å²) in [5.74, 6) is 0.0607. The van der Waals surface area contributed by atoms with Crippen molar-refractivity contribution in [2.75, 3.05) is 19.3 Å². The molecule has 1 N–H and O–H groups in total. The van der Waals surface area contributed by atoms with Crippen molar-refractivity contribution in [2.24, 2.45) is 0 Å². The van der Waals surface area contributed by atoms with Crippen LogP contribution in [0.25, 0.3) is 0 Å². The van der Waals surface area contributed by atoms with Crippen molar-refractivity contribution in [3.8, 4) is 0 Å². The normalized spacial score (nSPS) is 14.7. The lowest BCUT2D eigenvalue weighted by Gasteiger charge is -2.31. The molecule has 0 bridgehead atoms. The third-order valence-corrected chi connectivity index (χ3v) is 7.04. The van der Waals surface area contributed by atoms with Crippen LogP contribution in [-0.4, -0.2) is 42.1 Å². The minimum atomic E-state index is -4.36. The molecule has 0 spiro atoms. The summed E-state index contributed by atoms with van der Waals surface area (Å²) in [5, 5.41) is 2.82. The molecular weight excluding hydrogens is 449 g/mol. The molecule has 3 rings (SSSR count). The summed E-state index contributed by atoms with van der Waals surface area (Å²) in [6.45, 7) is 0.298. The Balaban J connectivity index is 1.51. The number of thioether (sulfide) groups is 1. The molecule has 0 radical (unpaired) electrons. The monoisotopic (exact) mass is 478 g/mol. The average molecular weight is 479 g/mol. The highest BCUT2D eigenvalue weighted by molar-refractivity contribution is 8.00. The third kappa shape index (κ3) is 7.25. The maximum absolute atomic E-state index is 12.7. The summed E-state index contributed by atoms with van der Waals surface area (Å²) in [7, 11) is 1.86. The standard InChI is InChI=1S/C25H29F3N2O2S/c1-30(20-7-3-2-4-8-20)23(31)17-33-22-10-6-5-9-21(22)24(32)29-16-15-18-11-13-19(14-12-18)25(26,27)28/h5-6,9-14,20H,2-4,7-8,15-17H2,1H3,(H,29,32). The van der Waals surface area contributed by atoms with Gasteiger partial charge in [-0.25, -0.2) is 0 Å². The Hall–Kier alpha value is -2.48. The summed E-state index contributed by atoms with van der Waals surface area (Å²) in [5.41, 5.74) is 0.510.